The Kier molecular flexibility index (Phi) is 2.11. The topological polar surface area (TPSA) is 58.6 Å². The fourth-order valence-corrected chi connectivity index (χ4v) is 2.45. The van der Waals surface area contributed by atoms with E-state index in [9.17, 15) is 0 Å². The molecule has 0 atom stereocenters. The molecule has 1 aliphatic carbocycles. The van der Waals surface area contributed by atoms with Gasteiger partial charge in [0, 0.05) is 5.56 Å². The normalized spacial score (nSPS) is 13.3. The number of fused-ring (bicyclic) bond motifs is 3. The van der Waals surface area contributed by atoms with Crippen LogP contribution in [0.1, 0.15) is 16.7 Å². The van der Waals surface area contributed by atoms with E-state index in [1.54, 1.807) is 0 Å². The van der Waals surface area contributed by atoms with E-state index in [1.807, 2.05) is 24.3 Å². The van der Waals surface area contributed by atoms with E-state index in [2.05, 4.69) is 23.4 Å². The first-order chi connectivity index (χ1) is 8.31. The highest BCUT2D eigenvalue weighted by Crippen LogP contribution is 2.37. The van der Waals surface area contributed by atoms with Crippen molar-refractivity contribution in [3.63, 3.8) is 0 Å². The van der Waals surface area contributed by atoms with E-state index < -0.39 is 0 Å². The monoisotopic (exact) mass is 224 g/mol. The molecule has 0 bridgehead atoms. The van der Waals surface area contributed by atoms with Crippen LogP contribution in [0.2, 0.25) is 0 Å². The molecule has 3 rings (SSSR count). The molecular weight excluding hydrogens is 212 g/mol. The van der Waals surface area contributed by atoms with Gasteiger partial charge in [-0.1, -0.05) is 47.6 Å². The minimum Gasteiger partial charge on any atom is -0.409 e. The molecule has 0 spiro atoms. The maximum atomic E-state index is 8.80. The van der Waals surface area contributed by atoms with E-state index >= 15 is 0 Å². The molecule has 3 heteroatoms. The largest absolute Gasteiger partial charge is 0.409 e. The van der Waals surface area contributed by atoms with Gasteiger partial charge in [-0.3, -0.25) is 0 Å². The molecule has 0 heterocycles. The summed E-state index contributed by atoms with van der Waals surface area (Å²) in [5, 5.41) is 11.9. The molecule has 2 aromatic rings. The van der Waals surface area contributed by atoms with Crippen molar-refractivity contribution in [3.05, 3.63) is 59.2 Å². The smallest absolute Gasteiger partial charge is 0.170 e. The van der Waals surface area contributed by atoms with Crippen molar-refractivity contribution in [3.8, 4) is 11.1 Å². The Bertz CT molecular complexity index is 617. The summed E-state index contributed by atoms with van der Waals surface area (Å²) in [5.41, 5.74) is 11.4. The van der Waals surface area contributed by atoms with Crippen LogP contribution in [0.4, 0.5) is 0 Å². The lowest BCUT2D eigenvalue weighted by Crippen LogP contribution is -2.15. The summed E-state index contributed by atoms with van der Waals surface area (Å²) < 4.78 is 0. The number of hydrogen-bond acceptors (Lipinski definition) is 2. The molecule has 3 N–H and O–H groups in total. The number of nitrogens with two attached hydrogens (primary N) is 1. The first kappa shape index (κ1) is 9.90. The van der Waals surface area contributed by atoms with Gasteiger partial charge in [0.2, 0.25) is 0 Å². The maximum Gasteiger partial charge on any atom is 0.170 e. The predicted molar refractivity (Wildman–Crippen MR) is 67.2 cm³/mol. The third kappa shape index (κ3) is 1.40. The summed E-state index contributed by atoms with van der Waals surface area (Å²) in [7, 11) is 0. The molecule has 0 aliphatic heterocycles. The van der Waals surface area contributed by atoms with E-state index in [4.69, 9.17) is 10.9 Å². The fraction of sp³-hybridized carbons (Fsp3) is 0.0714. The van der Waals surface area contributed by atoms with Crippen LogP contribution in [0.5, 0.6) is 0 Å². The lowest BCUT2D eigenvalue weighted by molar-refractivity contribution is 0.318. The molecule has 0 saturated heterocycles. The van der Waals surface area contributed by atoms with E-state index in [-0.39, 0.29) is 5.84 Å². The van der Waals surface area contributed by atoms with Crippen LogP contribution in [-0.4, -0.2) is 11.0 Å². The third-order valence-electron chi connectivity index (χ3n) is 3.23. The van der Waals surface area contributed by atoms with Crippen LogP contribution in [0.3, 0.4) is 0 Å². The number of hydrogen-bond donors (Lipinski definition) is 2. The first-order valence-electron chi connectivity index (χ1n) is 5.49. The third-order valence-corrected chi connectivity index (χ3v) is 3.23. The molecule has 17 heavy (non-hydrogen) atoms. The number of benzene rings is 2. The SMILES string of the molecule is NC(=NO)c1cccc2c1Cc1ccccc1-2. The number of rotatable bonds is 1. The second kappa shape index (κ2) is 3.63. The average Bonchev–Trinajstić information content (AvgIpc) is 2.76. The molecule has 0 amide bonds. The Morgan fingerprint density at radius 3 is 2.65 bits per heavy atom. The Morgan fingerprint density at radius 2 is 1.82 bits per heavy atom. The predicted octanol–water partition coefficient (Wildman–Crippen LogP) is 2.35. The second-order valence-corrected chi connectivity index (χ2v) is 4.15. The Labute approximate surface area is 99.2 Å². The molecule has 1 aliphatic rings. The summed E-state index contributed by atoms with van der Waals surface area (Å²) >= 11 is 0. The Balaban J connectivity index is 2.24. The van der Waals surface area contributed by atoms with Crippen LogP contribution in [-0.2, 0) is 6.42 Å². The lowest BCUT2D eigenvalue weighted by atomic mass is 10.0. The maximum absolute atomic E-state index is 8.80. The van der Waals surface area contributed by atoms with Crippen LogP contribution in [0.15, 0.2) is 47.6 Å². The zero-order valence-electron chi connectivity index (χ0n) is 9.22. The van der Waals surface area contributed by atoms with Gasteiger partial charge in [-0.05, 0) is 28.7 Å². The van der Waals surface area contributed by atoms with Crippen molar-refractivity contribution >= 4 is 5.84 Å². The zero-order chi connectivity index (χ0) is 11.8. The summed E-state index contributed by atoms with van der Waals surface area (Å²) in [5.74, 6) is 0.176. The highest BCUT2D eigenvalue weighted by Gasteiger charge is 2.21. The van der Waals surface area contributed by atoms with Crippen LogP contribution in [0, 0.1) is 0 Å². The molecule has 2 aromatic carbocycles. The van der Waals surface area contributed by atoms with Gasteiger partial charge in [-0.2, -0.15) is 0 Å². The summed E-state index contributed by atoms with van der Waals surface area (Å²) in [6, 6.07) is 14.2. The van der Waals surface area contributed by atoms with Gasteiger partial charge >= 0.3 is 0 Å². The lowest BCUT2D eigenvalue weighted by Gasteiger charge is -2.06. The van der Waals surface area contributed by atoms with Crippen molar-refractivity contribution in [2.45, 2.75) is 6.42 Å². The van der Waals surface area contributed by atoms with E-state index in [0.29, 0.717) is 0 Å². The van der Waals surface area contributed by atoms with Gasteiger partial charge in [0.05, 0.1) is 0 Å². The quantitative estimate of drug-likeness (QED) is 0.288. The highest BCUT2D eigenvalue weighted by atomic mass is 16.4. The Morgan fingerprint density at radius 1 is 1.06 bits per heavy atom. The Hall–Kier alpha value is -2.29. The van der Waals surface area contributed by atoms with Gasteiger partial charge in [-0.25, -0.2) is 0 Å². The van der Waals surface area contributed by atoms with Crippen molar-refractivity contribution in [2.75, 3.05) is 0 Å². The number of amidine groups is 1. The minimum absolute atomic E-state index is 0.176. The van der Waals surface area contributed by atoms with Crippen molar-refractivity contribution < 1.29 is 5.21 Å². The summed E-state index contributed by atoms with van der Waals surface area (Å²) in [6.07, 6.45) is 0.845. The minimum atomic E-state index is 0.176. The van der Waals surface area contributed by atoms with Crippen LogP contribution < -0.4 is 5.73 Å². The van der Waals surface area contributed by atoms with Gasteiger partial charge < -0.3 is 10.9 Å². The fourth-order valence-electron chi connectivity index (χ4n) is 2.45. The van der Waals surface area contributed by atoms with Gasteiger partial charge in [0.15, 0.2) is 5.84 Å². The first-order valence-corrected chi connectivity index (χ1v) is 5.49. The van der Waals surface area contributed by atoms with Crippen molar-refractivity contribution in [1.82, 2.24) is 0 Å². The zero-order valence-corrected chi connectivity index (χ0v) is 9.22. The highest BCUT2D eigenvalue weighted by molar-refractivity contribution is 6.01. The number of oxime groups is 1. The molecule has 3 nitrogen and oxygen atoms in total. The molecule has 0 radical (unpaired) electrons. The van der Waals surface area contributed by atoms with Crippen molar-refractivity contribution in [2.24, 2.45) is 10.9 Å². The van der Waals surface area contributed by atoms with E-state index in [0.717, 1.165) is 17.5 Å². The standard InChI is InChI=1S/C14H12N2O/c15-14(16-17)12-7-3-6-11-10-5-2-1-4-9(10)8-13(11)12/h1-7,17H,8H2,(H2,15,16). The number of nitrogens with zero attached hydrogens (tertiary/aromatic N) is 1. The average molecular weight is 224 g/mol. The van der Waals surface area contributed by atoms with Crippen molar-refractivity contribution in [1.29, 1.82) is 0 Å². The second-order valence-electron chi connectivity index (χ2n) is 4.15. The van der Waals surface area contributed by atoms with Crippen LogP contribution >= 0.6 is 0 Å². The molecule has 0 saturated carbocycles. The van der Waals surface area contributed by atoms with Gasteiger partial charge in [0.1, 0.15) is 0 Å². The van der Waals surface area contributed by atoms with Crippen LogP contribution in [0.25, 0.3) is 11.1 Å². The molecule has 0 aromatic heterocycles. The summed E-state index contributed by atoms with van der Waals surface area (Å²) in [4.78, 5) is 0. The molecule has 0 unspecified atom stereocenters. The van der Waals surface area contributed by atoms with Gasteiger partial charge in [0.25, 0.3) is 0 Å². The molecule has 0 fully saturated rings. The molecular formula is C14H12N2O. The molecule has 84 valence electrons. The van der Waals surface area contributed by atoms with E-state index in [1.165, 1.54) is 16.7 Å². The summed E-state index contributed by atoms with van der Waals surface area (Å²) in [6.45, 7) is 0. The van der Waals surface area contributed by atoms with Gasteiger partial charge in [-0.15, -0.1) is 0 Å².